The van der Waals surface area contributed by atoms with Gasteiger partial charge in [0.1, 0.15) is 0 Å². The van der Waals surface area contributed by atoms with Gasteiger partial charge in [-0.3, -0.25) is 0 Å². The molecule has 1 aromatic carbocycles. The molecule has 86 valence electrons. The summed E-state index contributed by atoms with van der Waals surface area (Å²) < 4.78 is 4.73. The van der Waals surface area contributed by atoms with E-state index < -0.39 is 0 Å². The smallest absolute Gasteiger partial charge is 0.337 e. The van der Waals surface area contributed by atoms with Gasteiger partial charge < -0.3 is 10.1 Å². The zero-order valence-electron chi connectivity index (χ0n) is 9.53. The highest BCUT2D eigenvalue weighted by atomic mass is 16.5. The molecule has 3 nitrogen and oxygen atoms in total. The first kappa shape index (κ1) is 11.1. The molecule has 1 aliphatic heterocycles. The first-order valence-corrected chi connectivity index (χ1v) is 5.70. The van der Waals surface area contributed by atoms with Crippen molar-refractivity contribution in [2.45, 2.75) is 18.8 Å². The lowest BCUT2D eigenvalue weighted by molar-refractivity contribution is 0.0600. The lowest BCUT2D eigenvalue weighted by Crippen LogP contribution is -2.26. The van der Waals surface area contributed by atoms with Gasteiger partial charge in [0.05, 0.1) is 12.7 Å². The summed E-state index contributed by atoms with van der Waals surface area (Å²) in [5, 5.41) is 3.34. The Morgan fingerprint density at radius 1 is 1.38 bits per heavy atom. The standard InChI is InChI=1S/C13H17NO2/c1-16-13(15)12-4-2-3-11(9-12)10-5-7-14-8-6-10/h2-4,9-10,14H,5-8H2,1H3. The number of carbonyl (C=O) groups excluding carboxylic acids is 1. The number of nitrogens with one attached hydrogen (secondary N) is 1. The minimum absolute atomic E-state index is 0.254. The molecule has 0 aliphatic carbocycles. The van der Waals surface area contributed by atoms with Crippen LogP contribution in [0.25, 0.3) is 0 Å². The van der Waals surface area contributed by atoms with Crippen molar-refractivity contribution in [3.05, 3.63) is 35.4 Å². The van der Waals surface area contributed by atoms with Gasteiger partial charge in [-0.2, -0.15) is 0 Å². The molecule has 1 heterocycles. The first-order valence-electron chi connectivity index (χ1n) is 5.70. The SMILES string of the molecule is COC(=O)c1cccc(C2CCNCC2)c1. The van der Waals surface area contributed by atoms with E-state index in [2.05, 4.69) is 11.4 Å². The Morgan fingerprint density at radius 2 is 2.12 bits per heavy atom. The van der Waals surface area contributed by atoms with Crippen LogP contribution in [0.4, 0.5) is 0 Å². The van der Waals surface area contributed by atoms with Crippen molar-refractivity contribution in [3.63, 3.8) is 0 Å². The van der Waals surface area contributed by atoms with Crippen LogP contribution in [0.15, 0.2) is 24.3 Å². The van der Waals surface area contributed by atoms with Gasteiger partial charge in [-0.1, -0.05) is 12.1 Å². The van der Waals surface area contributed by atoms with Crippen LogP contribution in [0.1, 0.15) is 34.7 Å². The van der Waals surface area contributed by atoms with Crippen LogP contribution in [-0.2, 0) is 4.74 Å². The van der Waals surface area contributed by atoms with Crippen molar-refractivity contribution < 1.29 is 9.53 Å². The van der Waals surface area contributed by atoms with Gasteiger partial charge in [0.15, 0.2) is 0 Å². The summed E-state index contributed by atoms with van der Waals surface area (Å²) in [5.74, 6) is 0.321. The van der Waals surface area contributed by atoms with Gasteiger partial charge in [-0.15, -0.1) is 0 Å². The fourth-order valence-corrected chi connectivity index (χ4v) is 2.19. The van der Waals surface area contributed by atoms with E-state index in [9.17, 15) is 4.79 Å². The molecule has 1 fully saturated rings. The lowest BCUT2D eigenvalue weighted by atomic mass is 9.89. The molecule has 0 bridgehead atoms. The maximum atomic E-state index is 11.4. The van der Waals surface area contributed by atoms with Crippen LogP contribution in [0.5, 0.6) is 0 Å². The summed E-state index contributed by atoms with van der Waals surface area (Å²) in [5.41, 5.74) is 1.91. The second kappa shape index (κ2) is 5.12. The van der Waals surface area contributed by atoms with Crippen molar-refractivity contribution in [2.24, 2.45) is 0 Å². The minimum atomic E-state index is -0.254. The predicted octanol–water partition coefficient (Wildman–Crippen LogP) is 1.94. The average molecular weight is 219 g/mol. The van der Waals surface area contributed by atoms with Crippen molar-refractivity contribution >= 4 is 5.97 Å². The number of hydrogen-bond acceptors (Lipinski definition) is 3. The minimum Gasteiger partial charge on any atom is -0.465 e. The van der Waals surface area contributed by atoms with Crippen LogP contribution in [0.3, 0.4) is 0 Å². The van der Waals surface area contributed by atoms with E-state index >= 15 is 0 Å². The van der Waals surface area contributed by atoms with Gasteiger partial charge in [-0.05, 0) is 49.5 Å². The summed E-state index contributed by atoms with van der Waals surface area (Å²) in [6.07, 6.45) is 2.29. The highest BCUT2D eigenvalue weighted by Crippen LogP contribution is 2.25. The third-order valence-electron chi connectivity index (χ3n) is 3.12. The van der Waals surface area contributed by atoms with Gasteiger partial charge in [0.25, 0.3) is 0 Å². The van der Waals surface area contributed by atoms with Crippen LogP contribution in [0, 0.1) is 0 Å². The van der Waals surface area contributed by atoms with E-state index in [1.54, 1.807) is 6.07 Å². The molecule has 0 amide bonds. The molecular formula is C13H17NO2. The Bertz CT molecular complexity index is 370. The van der Waals surface area contributed by atoms with Crippen LogP contribution < -0.4 is 5.32 Å². The molecule has 1 aromatic rings. The molecule has 0 saturated carbocycles. The summed E-state index contributed by atoms with van der Waals surface area (Å²) in [4.78, 5) is 11.4. The number of methoxy groups -OCH3 is 1. The summed E-state index contributed by atoms with van der Waals surface area (Å²) in [6, 6.07) is 7.80. The molecule has 1 N–H and O–H groups in total. The number of hydrogen-bond donors (Lipinski definition) is 1. The normalized spacial score (nSPS) is 17.1. The molecular weight excluding hydrogens is 202 g/mol. The molecule has 3 heteroatoms. The Labute approximate surface area is 95.8 Å². The van der Waals surface area contributed by atoms with Gasteiger partial charge in [-0.25, -0.2) is 4.79 Å². The Morgan fingerprint density at radius 3 is 2.81 bits per heavy atom. The van der Waals surface area contributed by atoms with Crippen LogP contribution >= 0.6 is 0 Å². The molecule has 0 aromatic heterocycles. The van der Waals surface area contributed by atoms with Crippen LogP contribution in [-0.4, -0.2) is 26.2 Å². The fraction of sp³-hybridized carbons (Fsp3) is 0.462. The molecule has 1 saturated heterocycles. The topological polar surface area (TPSA) is 38.3 Å². The Hall–Kier alpha value is -1.35. The zero-order chi connectivity index (χ0) is 11.4. The van der Waals surface area contributed by atoms with Crippen LogP contribution in [0.2, 0.25) is 0 Å². The number of piperidine rings is 1. The first-order chi connectivity index (χ1) is 7.81. The lowest BCUT2D eigenvalue weighted by Gasteiger charge is -2.23. The molecule has 0 atom stereocenters. The second-order valence-electron chi connectivity index (χ2n) is 4.14. The Balaban J connectivity index is 2.17. The number of carbonyl (C=O) groups is 1. The Kier molecular flexibility index (Phi) is 3.57. The number of rotatable bonds is 2. The quantitative estimate of drug-likeness (QED) is 0.772. The highest BCUT2D eigenvalue weighted by Gasteiger charge is 2.16. The summed E-state index contributed by atoms with van der Waals surface area (Å²) >= 11 is 0. The maximum Gasteiger partial charge on any atom is 0.337 e. The van der Waals surface area contributed by atoms with E-state index in [0.29, 0.717) is 11.5 Å². The monoisotopic (exact) mass is 219 g/mol. The largest absolute Gasteiger partial charge is 0.465 e. The average Bonchev–Trinajstić information content (AvgIpc) is 2.39. The molecule has 2 rings (SSSR count). The fourth-order valence-electron chi connectivity index (χ4n) is 2.19. The third-order valence-corrected chi connectivity index (χ3v) is 3.12. The molecule has 16 heavy (non-hydrogen) atoms. The zero-order valence-corrected chi connectivity index (χ0v) is 9.53. The van der Waals surface area contributed by atoms with Crippen molar-refractivity contribution in [1.82, 2.24) is 5.32 Å². The maximum absolute atomic E-state index is 11.4. The van der Waals surface area contributed by atoms with Crippen molar-refractivity contribution in [3.8, 4) is 0 Å². The molecule has 0 radical (unpaired) electrons. The van der Waals surface area contributed by atoms with E-state index in [-0.39, 0.29) is 5.97 Å². The second-order valence-corrected chi connectivity index (χ2v) is 4.14. The predicted molar refractivity (Wildman–Crippen MR) is 62.6 cm³/mol. The van der Waals surface area contributed by atoms with Crippen molar-refractivity contribution in [2.75, 3.05) is 20.2 Å². The van der Waals surface area contributed by atoms with E-state index in [4.69, 9.17) is 4.74 Å². The van der Waals surface area contributed by atoms with Crippen molar-refractivity contribution in [1.29, 1.82) is 0 Å². The van der Waals surface area contributed by atoms with E-state index in [0.717, 1.165) is 25.9 Å². The molecule has 0 unspecified atom stereocenters. The van der Waals surface area contributed by atoms with Gasteiger partial charge in [0, 0.05) is 0 Å². The third kappa shape index (κ3) is 2.42. The molecule has 1 aliphatic rings. The summed E-state index contributed by atoms with van der Waals surface area (Å²) in [7, 11) is 1.42. The van der Waals surface area contributed by atoms with E-state index in [1.807, 2.05) is 12.1 Å². The van der Waals surface area contributed by atoms with E-state index in [1.165, 1.54) is 12.7 Å². The van der Waals surface area contributed by atoms with Gasteiger partial charge in [0.2, 0.25) is 0 Å². The number of benzene rings is 1. The summed E-state index contributed by atoms with van der Waals surface area (Å²) in [6.45, 7) is 2.13. The number of esters is 1. The van der Waals surface area contributed by atoms with Gasteiger partial charge >= 0.3 is 5.97 Å². The number of ether oxygens (including phenoxy) is 1. The highest BCUT2D eigenvalue weighted by molar-refractivity contribution is 5.89. The molecule has 0 spiro atoms.